The lowest BCUT2D eigenvalue weighted by atomic mass is 10.1. The maximum Gasteiger partial charge on any atom is 0.323 e. The lowest BCUT2D eigenvalue weighted by Crippen LogP contribution is -2.35. The number of amides is 2. The predicted octanol–water partition coefficient (Wildman–Crippen LogP) is 1.76. The molecule has 14 nitrogen and oxygen atoms in total. The highest BCUT2D eigenvalue weighted by Gasteiger charge is 2.38. The van der Waals surface area contributed by atoms with Gasteiger partial charge in [-0.3, -0.25) is 47.6 Å². The Bertz CT molecular complexity index is 2480. The first-order chi connectivity index (χ1) is 23.3. The van der Waals surface area contributed by atoms with Crippen molar-refractivity contribution in [2.45, 2.75) is 18.0 Å². The van der Waals surface area contributed by atoms with Gasteiger partial charge in [-0.25, -0.2) is 0 Å². The van der Waals surface area contributed by atoms with Crippen LogP contribution in [-0.4, -0.2) is 72.0 Å². The number of benzene rings is 2. The molecule has 0 radical (unpaired) electrons. The quantitative estimate of drug-likeness (QED) is 0.237. The largest absolute Gasteiger partial charge is 0.480 e. The molecule has 4 aromatic rings. The number of carboxylic acid groups (broad SMARTS) is 3. The zero-order valence-corrected chi connectivity index (χ0v) is 28.3. The molecule has 0 spiro atoms. The van der Waals surface area contributed by atoms with Gasteiger partial charge in [0, 0.05) is 17.5 Å². The molecular weight excluding hydrogens is 717 g/mol. The molecule has 3 N–H and O–H groups in total. The predicted molar refractivity (Wildman–Crippen MR) is 183 cm³/mol. The summed E-state index contributed by atoms with van der Waals surface area (Å²) in [6, 6.07) is 16.6. The van der Waals surface area contributed by atoms with Crippen molar-refractivity contribution in [2.75, 3.05) is 18.5 Å². The van der Waals surface area contributed by atoms with E-state index in [-0.39, 0.29) is 23.3 Å². The molecule has 4 heterocycles. The normalized spacial score (nSPS) is 17.5. The second-order valence-corrected chi connectivity index (χ2v) is 14.4. The fourth-order valence-corrected chi connectivity index (χ4v) is 9.65. The summed E-state index contributed by atoms with van der Waals surface area (Å²) in [5.41, 5.74) is 0.353. The van der Waals surface area contributed by atoms with Crippen molar-refractivity contribution >= 4 is 91.4 Å². The molecule has 49 heavy (non-hydrogen) atoms. The molecule has 0 bridgehead atoms. The van der Waals surface area contributed by atoms with E-state index in [2.05, 4.69) is 0 Å². The average Bonchev–Trinajstić information content (AvgIpc) is 3.74. The van der Waals surface area contributed by atoms with E-state index in [0.29, 0.717) is 39.1 Å². The molecule has 1 saturated heterocycles. The van der Waals surface area contributed by atoms with Gasteiger partial charge >= 0.3 is 17.9 Å². The summed E-state index contributed by atoms with van der Waals surface area (Å²) in [5.74, 6) is -5.35. The van der Waals surface area contributed by atoms with Gasteiger partial charge in [-0.05, 0) is 35.5 Å². The van der Waals surface area contributed by atoms with E-state index in [1.54, 1.807) is 36.4 Å². The third-order valence-corrected chi connectivity index (χ3v) is 12.1. The third kappa shape index (κ3) is 6.38. The van der Waals surface area contributed by atoms with Crippen LogP contribution in [-0.2, 0) is 32.3 Å². The van der Waals surface area contributed by atoms with Crippen LogP contribution in [0.5, 0.6) is 0 Å². The van der Waals surface area contributed by atoms with Gasteiger partial charge in [0.05, 0.1) is 10.7 Å². The Hall–Kier alpha value is -5.17. The van der Waals surface area contributed by atoms with E-state index >= 15 is 0 Å². The summed E-state index contributed by atoms with van der Waals surface area (Å²) >= 11 is 3.25. The minimum absolute atomic E-state index is 0.0980. The number of carbonyl (C=O) groups excluding carboxylic acids is 2. The number of thioether (sulfide) groups is 2. The molecule has 6 rings (SSSR count). The number of nitrogens with zero attached hydrogens (tertiary/aromatic N) is 4. The highest BCUT2D eigenvalue weighted by atomic mass is 32.2. The van der Waals surface area contributed by atoms with Crippen LogP contribution in [0.4, 0.5) is 10.5 Å². The number of carboxylic acids is 3. The van der Waals surface area contributed by atoms with Gasteiger partial charge in [-0.2, -0.15) is 0 Å². The highest BCUT2D eigenvalue weighted by Crippen LogP contribution is 2.45. The minimum atomic E-state index is -1.46. The van der Waals surface area contributed by atoms with Crippen molar-refractivity contribution in [1.82, 2.24) is 14.0 Å². The standard InChI is InChI=1S/C31H22N4O10S4/c1-32-17-9-5-6-10-18(17)46-19(32)11-16(15-7-3-2-4-8-15)23-26(42)33(12-20(36)37)29(47-23)24-27(43)34(13-21(38)39)30(48-24)25-28(44)35(14-22(40)41)31(45)49-25/h2-11H,12-14H2,1H3,(H,36,37)(H,38,39)(H,40,41)/b19-11?,23-16-,29-24+,30-25+. The molecule has 250 valence electrons. The first kappa shape index (κ1) is 33.7. The van der Waals surface area contributed by atoms with Crippen LogP contribution in [0.1, 0.15) is 5.56 Å². The number of para-hydroxylation sites is 1. The van der Waals surface area contributed by atoms with Crippen molar-refractivity contribution < 1.29 is 39.3 Å². The molecule has 2 aromatic carbocycles. The molecule has 2 aliphatic heterocycles. The molecule has 0 saturated carbocycles. The summed E-state index contributed by atoms with van der Waals surface area (Å²) in [5, 5.41) is 28.4. The Kier molecular flexibility index (Phi) is 9.21. The van der Waals surface area contributed by atoms with E-state index < -0.39 is 59.8 Å². The van der Waals surface area contributed by atoms with Crippen LogP contribution in [0.25, 0.3) is 10.5 Å². The van der Waals surface area contributed by atoms with Gasteiger partial charge in [-0.1, -0.05) is 54.2 Å². The third-order valence-electron chi connectivity index (χ3n) is 7.25. The van der Waals surface area contributed by atoms with Crippen LogP contribution < -0.4 is 25.2 Å². The Morgan fingerprint density at radius 1 is 0.735 bits per heavy atom. The summed E-state index contributed by atoms with van der Waals surface area (Å²) in [6.07, 6.45) is 1.80. The van der Waals surface area contributed by atoms with Gasteiger partial charge in [0.1, 0.15) is 42.9 Å². The van der Waals surface area contributed by atoms with Crippen molar-refractivity contribution in [3.05, 3.63) is 110 Å². The Morgan fingerprint density at radius 2 is 1.35 bits per heavy atom. The molecule has 0 unspecified atom stereocenters. The summed E-state index contributed by atoms with van der Waals surface area (Å²) in [7, 11) is 1.87. The van der Waals surface area contributed by atoms with E-state index in [4.69, 9.17) is 5.11 Å². The maximum atomic E-state index is 14.1. The molecule has 2 aliphatic rings. The van der Waals surface area contributed by atoms with E-state index in [9.17, 15) is 43.8 Å². The van der Waals surface area contributed by atoms with Crippen molar-refractivity contribution in [3.63, 3.8) is 0 Å². The molecule has 18 heteroatoms. The second kappa shape index (κ2) is 13.4. The SMILES string of the molecule is CN1C(=C/C(c2ccccc2)=c2/s/c(=c3/s/c(=C4/SC(=O)N(CC(=O)O)C4=O)n(CC(=O)O)c3=O)n(CC(=O)O)c2=O)Sc2ccccc21. The summed E-state index contributed by atoms with van der Waals surface area (Å²) < 4.78 is 1.15. The lowest BCUT2D eigenvalue weighted by Gasteiger charge is -2.14. The van der Waals surface area contributed by atoms with Gasteiger partial charge < -0.3 is 20.2 Å². The van der Waals surface area contributed by atoms with E-state index in [1.165, 1.54) is 11.8 Å². The van der Waals surface area contributed by atoms with Crippen LogP contribution in [0.3, 0.4) is 0 Å². The van der Waals surface area contributed by atoms with E-state index in [1.807, 2.05) is 36.2 Å². The first-order valence-electron chi connectivity index (χ1n) is 14.0. The second-order valence-electron chi connectivity index (χ2n) is 10.4. The number of thiazole rings is 2. The number of hydrogen-bond donors (Lipinski definition) is 3. The van der Waals surface area contributed by atoms with E-state index in [0.717, 1.165) is 36.1 Å². The van der Waals surface area contributed by atoms with Crippen molar-refractivity contribution in [3.8, 4) is 0 Å². The summed E-state index contributed by atoms with van der Waals surface area (Å²) in [4.78, 5) is 91.8. The molecule has 0 atom stereocenters. The van der Waals surface area contributed by atoms with Crippen molar-refractivity contribution in [1.29, 1.82) is 0 Å². The molecule has 0 aliphatic carbocycles. The van der Waals surface area contributed by atoms with Gasteiger partial charge in [0.15, 0.2) is 0 Å². The fraction of sp³-hybridized carbons (Fsp3) is 0.129. The molecule has 2 amide bonds. The van der Waals surface area contributed by atoms with Gasteiger partial charge in [0.2, 0.25) is 0 Å². The number of rotatable bonds is 8. The number of carbonyl (C=O) groups is 5. The zero-order chi connectivity index (χ0) is 35.1. The number of anilines is 1. The number of fused-ring (bicyclic) bond motifs is 1. The van der Waals surface area contributed by atoms with Crippen LogP contribution in [0.15, 0.2) is 80.2 Å². The van der Waals surface area contributed by atoms with Crippen LogP contribution in [0, 0.1) is 9.20 Å². The zero-order valence-electron chi connectivity index (χ0n) is 25.0. The first-order valence-corrected chi connectivity index (χ1v) is 17.3. The molecule has 2 aromatic heterocycles. The van der Waals surface area contributed by atoms with Crippen LogP contribution in [0.2, 0.25) is 0 Å². The van der Waals surface area contributed by atoms with Crippen molar-refractivity contribution in [2.24, 2.45) is 0 Å². The average molecular weight is 739 g/mol. The van der Waals surface area contributed by atoms with Crippen LogP contribution >= 0.6 is 46.2 Å². The lowest BCUT2D eigenvalue weighted by molar-refractivity contribution is -0.140. The number of allylic oxidation sites excluding steroid dienone is 1. The number of hydrogen-bond acceptors (Lipinski definition) is 12. The topological polar surface area (TPSA) is 197 Å². The Morgan fingerprint density at radius 3 is 1.98 bits per heavy atom. The van der Waals surface area contributed by atoms with Gasteiger partial charge in [-0.15, -0.1) is 22.7 Å². The number of aromatic nitrogens is 2. The monoisotopic (exact) mass is 738 g/mol. The molecular formula is C31H22N4O10S4. The van der Waals surface area contributed by atoms with Gasteiger partial charge in [0.25, 0.3) is 22.3 Å². The fourth-order valence-electron chi connectivity index (χ4n) is 5.09. The maximum absolute atomic E-state index is 14.1. The number of aliphatic carboxylic acids is 3. The smallest absolute Gasteiger partial charge is 0.323 e. The summed E-state index contributed by atoms with van der Waals surface area (Å²) in [6.45, 7) is -2.73. The Balaban J connectivity index is 1.72. The Labute approximate surface area is 290 Å². The molecule has 1 fully saturated rings. The minimum Gasteiger partial charge on any atom is -0.480 e. The number of imide groups is 1. The highest BCUT2D eigenvalue weighted by molar-refractivity contribution is 8.23.